The molecular formula is C19H30F3N5O2S. The van der Waals surface area contributed by atoms with Gasteiger partial charge >= 0.3 is 6.18 Å². The molecule has 1 aromatic rings. The normalized spacial score (nSPS) is 19.2. The number of benzene rings is 1. The summed E-state index contributed by atoms with van der Waals surface area (Å²) in [5, 5.41) is 6.45. The monoisotopic (exact) mass is 449 g/mol. The van der Waals surface area contributed by atoms with Crippen LogP contribution in [0, 0.1) is 0 Å². The number of guanidine groups is 1. The van der Waals surface area contributed by atoms with Gasteiger partial charge in [0, 0.05) is 44.8 Å². The zero-order valence-corrected chi connectivity index (χ0v) is 18.5. The molecule has 2 rings (SSSR count). The number of sulfonamides is 1. The Morgan fingerprint density at radius 1 is 1.23 bits per heavy atom. The highest BCUT2D eigenvalue weighted by Crippen LogP contribution is 2.29. The molecule has 1 aromatic carbocycles. The maximum atomic E-state index is 12.7. The maximum Gasteiger partial charge on any atom is 0.416 e. The first kappa shape index (κ1) is 24.4. The van der Waals surface area contributed by atoms with Crippen LogP contribution in [0.4, 0.5) is 13.2 Å². The molecule has 0 saturated carbocycles. The van der Waals surface area contributed by atoms with E-state index in [2.05, 4.69) is 25.2 Å². The molecular weight excluding hydrogens is 419 g/mol. The Balaban J connectivity index is 1.83. The van der Waals surface area contributed by atoms with Gasteiger partial charge in [-0.25, -0.2) is 13.1 Å². The van der Waals surface area contributed by atoms with E-state index in [0.717, 1.165) is 43.5 Å². The van der Waals surface area contributed by atoms with E-state index in [9.17, 15) is 21.6 Å². The molecule has 30 heavy (non-hydrogen) atoms. The fraction of sp³-hybridized carbons (Fsp3) is 0.632. The van der Waals surface area contributed by atoms with Gasteiger partial charge < -0.3 is 10.6 Å². The highest BCUT2D eigenvalue weighted by molar-refractivity contribution is 7.88. The van der Waals surface area contributed by atoms with Gasteiger partial charge in [0.1, 0.15) is 0 Å². The Bertz CT molecular complexity index is 839. The molecule has 1 aliphatic rings. The first-order valence-electron chi connectivity index (χ1n) is 9.62. The van der Waals surface area contributed by atoms with Gasteiger partial charge in [-0.05, 0) is 38.0 Å². The molecule has 1 fully saturated rings. The lowest BCUT2D eigenvalue weighted by molar-refractivity contribution is -0.137. The second kappa shape index (κ2) is 9.52. The van der Waals surface area contributed by atoms with E-state index >= 15 is 0 Å². The van der Waals surface area contributed by atoms with Crippen LogP contribution in [0.1, 0.15) is 31.4 Å². The van der Waals surface area contributed by atoms with Crippen LogP contribution in [0.5, 0.6) is 0 Å². The largest absolute Gasteiger partial charge is 0.416 e. The van der Waals surface area contributed by atoms with Crippen molar-refractivity contribution in [3.8, 4) is 0 Å². The Labute approximate surface area is 176 Å². The number of rotatable bonds is 7. The summed E-state index contributed by atoms with van der Waals surface area (Å²) >= 11 is 0. The van der Waals surface area contributed by atoms with Crippen molar-refractivity contribution in [2.75, 3.05) is 32.9 Å². The van der Waals surface area contributed by atoms with E-state index < -0.39 is 27.3 Å². The Morgan fingerprint density at radius 3 is 2.40 bits per heavy atom. The average Bonchev–Trinajstić information content (AvgIpc) is 3.03. The lowest BCUT2D eigenvalue weighted by atomic mass is 10.1. The van der Waals surface area contributed by atoms with Gasteiger partial charge in [0.15, 0.2) is 5.96 Å². The lowest BCUT2D eigenvalue weighted by Crippen LogP contribution is -2.54. The first-order chi connectivity index (χ1) is 13.8. The number of nitrogens with one attached hydrogen (secondary N) is 3. The second-order valence-electron chi connectivity index (χ2n) is 8.24. The van der Waals surface area contributed by atoms with Crippen LogP contribution >= 0.6 is 0 Å². The Hall–Kier alpha value is -1.85. The van der Waals surface area contributed by atoms with Crippen LogP contribution in [0.25, 0.3) is 0 Å². The minimum Gasteiger partial charge on any atom is -0.355 e. The number of aliphatic imine (C=N–C) groups is 1. The third-order valence-corrected chi connectivity index (χ3v) is 5.61. The van der Waals surface area contributed by atoms with Crippen LogP contribution in [0.15, 0.2) is 29.3 Å². The molecule has 1 saturated heterocycles. The molecule has 11 heteroatoms. The minimum atomic E-state index is -4.32. The molecule has 1 unspecified atom stereocenters. The highest BCUT2D eigenvalue weighted by atomic mass is 32.2. The molecule has 0 radical (unpaired) electrons. The predicted octanol–water partition coefficient (Wildman–Crippen LogP) is 1.77. The number of halogens is 3. The van der Waals surface area contributed by atoms with Gasteiger partial charge in [-0.2, -0.15) is 13.2 Å². The molecule has 0 amide bonds. The lowest BCUT2D eigenvalue weighted by Gasteiger charge is -2.27. The van der Waals surface area contributed by atoms with E-state index in [4.69, 9.17) is 0 Å². The number of alkyl halides is 3. The third kappa shape index (κ3) is 8.11. The summed E-state index contributed by atoms with van der Waals surface area (Å²) in [6.07, 6.45) is -2.34. The molecule has 170 valence electrons. The predicted molar refractivity (Wildman–Crippen MR) is 112 cm³/mol. The van der Waals surface area contributed by atoms with Crippen molar-refractivity contribution >= 4 is 16.0 Å². The summed E-state index contributed by atoms with van der Waals surface area (Å²) in [7, 11) is -1.69. The van der Waals surface area contributed by atoms with E-state index in [1.54, 1.807) is 20.9 Å². The zero-order chi connectivity index (χ0) is 22.6. The SMILES string of the molecule is CN=C(NCC(C)(C)NS(C)(=O)=O)NC1CCN(Cc2ccc(C(F)(F)F)cc2)C1. The molecule has 7 nitrogen and oxygen atoms in total. The summed E-state index contributed by atoms with van der Waals surface area (Å²) in [6, 6.07) is 5.39. The molecule has 3 N–H and O–H groups in total. The molecule has 1 atom stereocenters. The van der Waals surface area contributed by atoms with Crippen LogP contribution in [-0.4, -0.2) is 63.8 Å². The number of likely N-dealkylation sites (tertiary alicyclic amines) is 1. The quantitative estimate of drug-likeness (QED) is 0.436. The summed E-state index contributed by atoms with van der Waals surface area (Å²) in [6.45, 7) is 6.02. The van der Waals surface area contributed by atoms with Crippen molar-refractivity contribution in [3.63, 3.8) is 0 Å². The fourth-order valence-corrected chi connectivity index (χ4v) is 4.46. The molecule has 0 spiro atoms. The molecule has 1 aliphatic heterocycles. The molecule has 1 heterocycles. The average molecular weight is 450 g/mol. The number of nitrogens with zero attached hydrogens (tertiary/aromatic N) is 2. The van der Waals surface area contributed by atoms with Crippen molar-refractivity contribution < 1.29 is 21.6 Å². The van der Waals surface area contributed by atoms with Gasteiger partial charge in [0.05, 0.1) is 11.8 Å². The van der Waals surface area contributed by atoms with Crippen molar-refractivity contribution in [1.29, 1.82) is 0 Å². The summed E-state index contributed by atoms with van der Waals surface area (Å²) in [5.41, 5.74) is -0.495. The smallest absolute Gasteiger partial charge is 0.355 e. The second-order valence-corrected chi connectivity index (χ2v) is 9.99. The zero-order valence-electron chi connectivity index (χ0n) is 17.7. The highest BCUT2D eigenvalue weighted by Gasteiger charge is 2.30. The van der Waals surface area contributed by atoms with Gasteiger partial charge in [0.25, 0.3) is 0 Å². The van der Waals surface area contributed by atoms with E-state index in [1.165, 1.54) is 12.1 Å². The van der Waals surface area contributed by atoms with E-state index in [1.807, 2.05) is 0 Å². The maximum absolute atomic E-state index is 12.7. The standard InChI is InChI=1S/C19H30F3N5O2S/c1-18(2,26-30(4,28)29)13-24-17(23-3)25-16-9-10-27(12-16)11-14-5-7-15(8-6-14)19(20,21)22/h5-8,16,26H,9-13H2,1-4H3,(H2,23,24,25). The fourth-order valence-electron chi connectivity index (χ4n) is 3.38. The summed E-state index contributed by atoms with van der Waals surface area (Å²) < 4.78 is 63.5. The molecule has 0 bridgehead atoms. The van der Waals surface area contributed by atoms with Crippen molar-refractivity contribution in [1.82, 2.24) is 20.3 Å². The molecule has 0 aliphatic carbocycles. The van der Waals surface area contributed by atoms with Gasteiger partial charge in [-0.15, -0.1) is 0 Å². The Kier molecular flexibility index (Phi) is 7.75. The number of hydrogen-bond donors (Lipinski definition) is 3. The van der Waals surface area contributed by atoms with Crippen LogP contribution in [0.3, 0.4) is 0 Å². The van der Waals surface area contributed by atoms with Crippen molar-refractivity contribution in [2.24, 2.45) is 4.99 Å². The summed E-state index contributed by atoms with van der Waals surface area (Å²) in [4.78, 5) is 6.35. The van der Waals surface area contributed by atoms with Crippen LogP contribution in [-0.2, 0) is 22.7 Å². The number of hydrogen-bond acceptors (Lipinski definition) is 4. The van der Waals surface area contributed by atoms with Gasteiger partial charge in [-0.1, -0.05) is 12.1 Å². The first-order valence-corrected chi connectivity index (χ1v) is 11.5. The van der Waals surface area contributed by atoms with Crippen LogP contribution in [0.2, 0.25) is 0 Å². The van der Waals surface area contributed by atoms with Crippen molar-refractivity contribution in [3.05, 3.63) is 35.4 Å². The van der Waals surface area contributed by atoms with Gasteiger partial charge in [-0.3, -0.25) is 9.89 Å². The molecule has 0 aromatic heterocycles. The van der Waals surface area contributed by atoms with Crippen molar-refractivity contribution in [2.45, 2.75) is 44.6 Å². The minimum absolute atomic E-state index is 0.136. The van der Waals surface area contributed by atoms with E-state index in [-0.39, 0.29) is 6.04 Å². The third-order valence-electron chi connectivity index (χ3n) is 4.68. The van der Waals surface area contributed by atoms with Crippen LogP contribution < -0.4 is 15.4 Å². The topological polar surface area (TPSA) is 85.8 Å². The van der Waals surface area contributed by atoms with Gasteiger partial charge in [0.2, 0.25) is 10.0 Å². The summed E-state index contributed by atoms with van der Waals surface area (Å²) in [5.74, 6) is 0.569. The van der Waals surface area contributed by atoms with E-state index in [0.29, 0.717) is 19.0 Å². The Morgan fingerprint density at radius 2 is 1.87 bits per heavy atom.